The molecule has 0 aromatic carbocycles. The van der Waals surface area contributed by atoms with Gasteiger partial charge in [0.1, 0.15) is 0 Å². The Hall–Kier alpha value is -1.89. The summed E-state index contributed by atoms with van der Waals surface area (Å²) in [4.78, 5) is 29.2. The van der Waals surface area contributed by atoms with Gasteiger partial charge in [0.05, 0.1) is 24.8 Å². The van der Waals surface area contributed by atoms with E-state index in [0.717, 1.165) is 30.8 Å². The van der Waals surface area contributed by atoms with Crippen LogP contribution in [0.1, 0.15) is 36.2 Å². The summed E-state index contributed by atoms with van der Waals surface area (Å²) in [6.07, 6.45) is 2.97. The third-order valence-electron chi connectivity index (χ3n) is 5.69. The molecule has 1 atom stereocenters. The van der Waals surface area contributed by atoms with Crippen LogP contribution in [0.15, 0.2) is 0 Å². The maximum atomic E-state index is 12.7. The number of likely N-dealkylation sites (tertiary alicyclic amines) is 1. The Bertz CT molecular complexity index is 664. The van der Waals surface area contributed by atoms with E-state index in [0.29, 0.717) is 45.7 Å². The summed E-state index contributed by atoms with van der Waals surface area (Å²) >= 11 is 0. The molecule has 144 valence electrons. The van der Waals surface area contributed by atoms with Gasteiger partial charge in [0.25, 0.3) is 0 Å². The lowest BCUT2D eigenvalue weighted by Crippen LogP contribution is -2.49. The highest BCUT2D eigenvalue weighted by atomic mass is 16.5. The number of aromatic nitrogens is 2. The number of carbonyl (C=O) groups excluding carboxylic acids is 2. The second kappa shape index (κ2) is 8.20. The predicted molar refractivity (Wildman–Crippen MR) is 97.7 cm³/mol. The molecule has 3 heterocycles. The van der Waals surface area contributed by atoms with Gasteiger partial charge in [-0.05, 0) is 38.7 Å². The topological polar surface area (TPSA) is 67.7 Å². The lowest BCUT2D eigenvalue weighted by molar-refractivity contribution is -0.144. The number of ether oxygens (including phenoxy) is 1. The molecule has 0 radical (unpaired) electrons. The standard InChI is InChI=1S/C19H30N4O3/c1-14-17(15(2)21(3)20-14)6-7-18(24)23-8-4-5-16(13-23)19(25)22-9-11-26-12-10-22/h16H,4-13H2,1-3H3/t16-/m1/s1. The zero-order valence-electron chi connectivity index (χ0n) is 16.2. The molecule has 1 aromatic rings. The zero-order valence-corrected chi connectivity index (χ0v) is 16.2. The van der Waals surface area contributed by atoms with Gasteiger partial charge >= 0.3 is 0 Å². The number of hydrogen-bond acceptors (Lipinski definition) is 4. The minimum atomic E-state index is -0.0623. The van der Waals surface area contributed by atoms with Crippen molar-refractivity contribution in [3.63, 3.8) is 0 Å². The molecule has 2 aliphatic rings. The number of amides is 2. The summed E-state index contributed by atoms with van der Waals surface area (Å²) in [5, 5.41) is 4.42. The molecule has 2 aliphatic heterocycles. The molecule has 0 aliphatic carbocycles. The molecule has 2 saturated heterocycles. The Kier molecular flexibility index (Phi) is 5.96. The summed E-state index contributed by atoms with van der Waals surface area (Å²) in [7, 11) is 1.93. The van der Waals surface area contributed by atoms with E-state index in [2.05, 4.69) is 5.10 Å². The van der Waals surface area contributed by atoms with Crippen molar-refractivity contribution in [1.82, 2.24) is 19.6 Å². The fraction of sp³-hybridized carbons (Fsp3) is 0.737. The second-order valence-electron chi connectivity index (χ2n) is 7.39. The van der Waals surface area contributed by atoms with Crippen LogP contribution < -0.4 is 0 Å². The second-order valence-corrected chi connectivity index (χ2v) is 7.39. The van der Waals surface area contributed by atoms with Gasteiger partial charge < -0.3 is 14.5 Å². The predicted octanol–water partition coefficient (Wildman–Crippen LogP) is 1.07. The van der Waals surface area contributed by atoms with Crippen LogP contribution in [0, 0.1) is 19.8 Å². The lowest BCUT2D eigenvalue weighted by atomic mass is 9.95. The monoisotopic (exact) mass is 362 g/mol. The molecular weight excluding hydrogens is 332 g/mol. The van der Waals surface area contributed by atoms with Crippen LogP contribution in [0.2, 0.25) is 0 Å². The first kappa shape index (κ1) is 18.9. The minimum absolute atomic E-state index is 0.0623. The molecule has 2 fully saturated rings. The molecule has 0 bridgehead atoms. The molecule has 2 amide bonds. The molecule has 0 unspecified atom stereocenters. The van der Waals surface area contributed by atoms with Crippen molar-refractivity contribution in [3.8, 4) is 0 Å². The summed E-state index contributed by atoms with van der Waals surface area (Å²) in [6.45, 7) is 7.92. The largest absolute Gasteiger partial charge is 0.378 e. The van der Waals surface area contributed by atoms with Gasteiger partial charge in [0, 0.05) is 45.3 Å². The van der Waals surface area contributed by atoms with Crippen LogP contribution in [-0.4, -0.2) is 70.8 Å². The number of aryl methyl sites for hydroxylation is 2. The molecular formula is C19H30N4O3. The molecule has 7 heteroatoms. The van der Waals surface area contributed by atoms with Crippen LogP contribution >= 0.6 is 0 Å². The Morgan fingerprint density at radius 2 is 1.88 bits per heavy atom. The average molecular weight is 362 g/mol. The van der Waals surface area contributed by atoms with E-state index in [1.807, 2.05) is 35.4 Å². The van der Waals surface area contributed by atoms with Gasteiger partial charge in [-0.25, -0.2) is 0 Å². The number of hydrogen-bond donors (Lipinski definition) is 0. The number of carbonyl (C=O) groups is 2. The van der Waals surface area contributed by atoms with Crippen molar-refractivity contribution in [2.75, 3.05) is 39.4 Å². The number of piperidine rings is 1. The van der Waals surface area contributed by atoms with E-state index in [4.69, 9.17) is 4.74 Å². The van der Waals surface area contributed by atoms with Gasteiger partial charge in [-0.3, -0.25) is 14.3 Å². The fourth-order valence-corrected chi connectivity index (χ4v) is 4.02. The van der Waals surface area contributed by atoms with Gasteiger partial charge in [-0.15, -0.1) is 0 Å². The van der Waals surface area contributed by atoms with Crippen LogP contribution in [0.25, 0.3) is 0 Å². The van der Waals surface area contributed by atoms with Crippen molar-refractivity contribution in [3.05, 3.63) is 17.0 Å². The van der Waals surface area contributed by atoms with E-state index >= 15 is 0 Å². The van der Waals surface area contributed by atoms with E-state index < -0.39 is 0 Å². The normalized spacial score (nSPS) is 21.1. The van der Waals surface area contributed by atoms with Gasteiger partial charge in [-0.2, -0.15) is 5.10 Å². The van der Waals surface area contributed by atoms with Crippen LogP contribution in [0.5, 0.6) is 0 Å². The van der Waals surface area contributed by atoms with Crippen molar-refractivity contribution < 1.29 is 14.3 Å². The van der Waals surface area contributed by atoms with Gasteiger partial charge in [0.2, 0.25) is 11.8 Å². The Morgan fingerprint density at radius 3 is 2.54 bits per heavy atom. The van der Waals surface area contributed by atoms with Crippen molar-refractivity contribution in [2.24, 2.45) is 13.0 Å². The highest BCUT2D eigenvalue weighted by Gasteiger charge is 2.31. The quantitative estimate of drug-likeness (QED) is 0.803. The molecule has 7 nitrogen and oxygen atoms in total. The van der Waals surface area contributed by atoms with E-state index in [1.165, 1.54) is 5.56 Å². The average Bonchev–Trinajstić information content (AvgIpc) is 2.91. The molecule has 26 heavy (non-hydrogen) atoms. The third kappa shape index (κ3) is 4.09. The van der Waals surface area contributed by atoms with Crippen molar-refractivity contribution in [2.45, 2.75) is 39.5 Å². The number of rotatable bonds is 4. The molecule has 0 saturated carbocycles. The number of morpholine rings is 1. The molecule has 3 rings (SSSR count). The Balaban J connectivity index is 1.55. The SMILES string of the molecule is Cc1nn(C)c(C)c1CCC(=O)N1CCC[C@@H](C(=O)N2CCOCC2)C1. The highest BCUT2D eigenvalue weighted by molar-refractivity contribution is 5.81. The molecule has 0 spiro atoms. The smallest absolute Gasteiger partial charge is 0.227 e. The van der Waals surface area contributed by atoms with Crippen molar-refractivity contribution >= 4 is 11.8 Å². The summed E-state index contributed by atoms with van der Waals surface area (Å²) < 4.78 is 7.19. The van der Waals surface area contributed by atoms with E-state index in [1.54, 1.807) is 0 Å². The van der Waals surface area contributed by atoms with E-state index in [9.17, 15) is 9.59 Å². The first-order valence-electron chi connectivity index (χ1n) is 9.60. The summed E-state index contributed by atoms with van der Waals surface area (Å²) in [5.41, 5.74) is 3.28. The lowest BCUT2D eigenvalue weighted by Gasteiger charge is -2.36. The van der Waals surface area contributed by atoms with E-state index in [-0.39, 0.29) is 17.7 Å². The van der Waals surface area contributed by atoms with Crippen molar-refractivity contribution in [1.29, 1.82) is 0 Å². The maximum Gasteiger partial charge on any atom is 0.227 e. The summed E-state index contributed by atoms with van der Waals surface area (Å²) in [6, 6.07) is 0. The zero-order chi connectivity index (χ0) is 18.7. The molecule has 0 N–H and O–H groups in total. The Labute approximate surface area is 155 Å². The van der Waals surface area contributed by atoms with Crippen LogP contribution in [-0.2, 0) is 27.8 Å². The van der Waals surface area contributed by atoms with Crippen LogP contribution in [0.4, 0.5) is 0 Å². The first-order chi connectivity index (χ1) is 12.5. The first-order valence-corrected chi connectivity index (χ1v) is 9.60. The Morgan fingerprint density at radius 1 is 1.15 bits per heavy atom. The van der Waals surface area contributed by atoms with Gasteiger partial charge in [0.15, 0.2) is 0 Å². The third-order valence-corrected chi connectivity index (χ3v) is 5.69. The fourth-order valence-electron chi connectivity index (χ4n) is 4.02. The number of nitrogens with zero attached hydrogens (tertiary/aromatic N) is 4. The maximum absolute atomic E-state index is 12.7. The van der Waals surface area contributed by atoms with Crippen LogP contribution in [0.3, 0.4) is 0 Å². The molecule has 1 aromatic heterocycles. The highest BCUT2D eigenvalue weighted by Crippen LogP contribution is 2.21. The van der Waals surface area contributed by atoms with Gasteiger partial charge in [-0.1, -0.05) is 0 Å². The minimum Gasteiger partial charge on any atom is -0.378 e. The summed E-state index contributed by atoms with van der Waals surface area (Å²) in [5.74, 6) is 0.268.